The highest BCUT2D eigenvalue weighted by atomic mass is 35.5. The highest BCUT2D eigenvalue weighted by molar-refractivity contribution is 7.16. The summed E-state index contributed by atoms with van der Waals surface area (Å²) in [5, 5.41) is 8.04. The van der Waals surface area contributed by atoms with Crippen LogP contribution in [0.15, 0.2) is 60.0 Å². The van der Waals surface area contributed by atoms with E-state index in [4.69, 9.17) is 11.6 Å². The van der Waals surface area contributed by atoms with Crippen LogP contribution in [0.25, 0.3) is 11.3 Å². The Balaban J connectivity index is 1.52. The molecule has 0 unspecified atom stereocenters. The lowest BCUT2D eigenvalue weighted by molar-refractivity contribution is 0.101. The summed E-state index contributed by atoms with van der Waals surface area (Å²) in [7, 11) is 0. The number of aromatic nitrogens is 1. The maximum atomic E-state index is 13.2. The van der Waals surface area contributed by atoms with Crippen molar-refractivity contribution in [3.63, 3.8) is 0 Å². The molecule has 2 heterocycles. The number of thiophene rings is 1. The van der Waals surface area contributed by atoms with Crippen molar-refractivity contribution in [3.05, 3.63) is 86.1 Å². The van der Waals surface area contributed by atoms with Gasteiger partial charge in [0.25, 0.3) is 11.8 Å². The molecule has 0 aliphatic heterocycles. The lowest BCUT2D eigenvalue weighted by atomic mass is 10.1. The number of nitrogens with one attached hydrogen (secondary N) is 2. The second-order valence-electron chi connectivity index (χ2n) is 6.51. The van der Waals surface area contributed by atoms with E-state index in [1.807, 2.05) is 6.92 Å². The fraction of sp³-hybridized carbons (Fsp3) is 0.0455. The number of nitrogens with zero attached hydrogens (tertiary/aromatic N) is 1. The predicted octanol–water partition coefficient (Wildman–Crippen LogP) is 6.48. The number of benzene rings is 2. The Morgan fingerprint density at radius 2 is 1.81 bits per heavy atom. The molecule has 31 heavy (non-hydrogen) atoms. The van der Waals surface area contributed by atoms with Crippen LogP contribution in [0.1, 0.15) is 24.9 Å². The molecule has 0 spiro atoms. The van der Waals surface area contributed by atoms with E-state index in [0.29, 0.717) is 32.0 Å². The molecule has 2 aromatic carbocycles. The summed E-state index contributed by atoms with van der Waals surface area (Å²) in [6, 6.07) is 14.1. The van der Waals surface area contributed by atoms with E-state index in [0.717, 1.165) is 10.4 Å². The third kappa shape index (κ3) is 4.82. The fourth-order valence-corrected chi connectivity index (χ4v) is 4.46. The lowest BCUT2D eigenvalue weighted by Crippen LogP contribution is -2.14. The molecule has 0 atom stereocenters. The summed E-state index contributed by atoms with van der Waals surface area (Å²) in [4.78, 5) is 30.9. The number of anilines is 2. The summed E-state index contributed by atoms with van der Waals surface area (Å²) in [6.07, 6.45) is 0. The Kier molecular flexibility index (Phi) is 6.13. The quantitative estimate of drug-likeness (QED) is 0.350. The Hall–Kier alpha value is -3.07. The van der Waals surface area contributed by atoms with Gasteiger partial charge in [0.15, 0.2) is 5.13 Å². The number of hydrogen-bond donors (Lipinski definition) is 2. The summed E-state index contributed by atoms with van der Waals surface area (Å²) >= 11 is 8.82. The highest BCUT2D eigenvalue weighted by Crippen LogP contribution is 2.31. The summed E-state index contributed by atoms with van der Waals surface area (Å²) in [5.41, 5.74) is 2.11. The Labute approximate surface area is 190 Å². The summed E-state index contributed by atoms with van der Waals surface area (Å²) in [5.74, 6) is -1.01. The molecule has 156 valence electrons. The number of hydrogen-bond acceptors (Lipinski definition) is 5. The zero-order valence-electron chi connectivity index (χ0n) is 16.1. The second-order valence-corrected chi connectivity index (χ2v) is 9.07. The van der Waals surface area contributed by atoms with Crippen molar-refractivity contribution in [1.29, 1.82) is 0 Å². The lowest BCUT2D eigenvalue weighted by Gasteiger charge is -2.09. The van der Waals surface area contributed by atoms with E-state index in [2.05, 4.69) is 15.6 Å². The molecule has 2 aromatic heterocycles. The normalized spacial score (nSPS) is 10.7. The highest BCUT2D eigenvalue weighted by Gasteiger charge is 2.16. The van der Waals surface area contributed by atoms with Gasteiger partial charge in [-0.3, -0.25) is 14.9 Å². The van der Waals surface area contributed by atoms with Gasteiger partial charge in [-0.1, -0.05) is 17.7 Å². The number of carbonyl (C=O) groups is 2. The Morgan fingerprint density at radius 1 is 1.03 bits per heavy atom. The zero-order valence-corrected chi connectivity index (χ0v) is 18.5. The summed E-state index contributed by atoms with van der Waals surface area (Å²) < 4.78 is 13.2. The average molecular weight is 472 g/mol. The number of aryl methyl sites for hydroxylation is 1. The molecule has 4 aromatic rings. The maximum Gasteiger partial charge on any atom is 0.265 e. The molecule has 2 N–H and O–H groups in total. The smallest absolute Gasteiger partial charge is 0.265 e. The van der Waals surface area contributed by atoms with Crippen LogP contribution < -0.4 is 10.6 Å². The Bertz CT molecular complexity index is 1250. The van der Waals surface area contributed by atoms with E-state index < -0.39 is 0 Å². The van der Waals surface area contributed by atoms with E-state index in [9.17, 15) is 14.0 Å². The van der Waals surface area contributed by atoms with Crippen LogP contribution in [-0.2, 0) is 0 Å². The van der Waals surface area contributed by atoms with Crippen molar-refractivity contribution in [2.24, 2.45) is 0 Å². The number of amides is 2. The molecule has 0 aliphatic rings. The minimum atomic E-state index is -0.386. The minimum Gasteiger partial charge on any atom is -0.320 e. The number of carbonyl (C=O) groups excluding carboxylic acids is 2. The molecule has 4 rings (SSSR count). The van der Waals surface area contributed by atoms with Crippen LogP contribution >= 0.6 is 34.3 Å². The van der Waals surface area contributed by atoms with Gasteiger partial charge in [-0.05, 0) is 60.8 Å². The number of rotatable bonds is 5. The van der Waals surface area contributed by atoms with Crippen LogP contribution in [0.5, 0.6) is 0 Å². The van der Waals surface area contributed by atoms with Crippen LogP contribution in [0.4, 0.5) is 15.2 Å². The van der Waals surface area contributed by atoms with Gasteiger partial charge in [-0.2, -0.15) is 0 Å². The van der Waals surface area contributed by atoms with Crippen molar-refractivity contribution < 1.29 is 14.0 Å². The topological polar surface area (TPSA) is 71.1 Å². The molecular formula is C22H15ClFN3O2S2. The fourth-order valence-electron chi connectivity index (χ4n) is 2.85. The molecular weight excluding hydrogens is 457 g/mol. The first-order valence-electron chi connectivity index (χ1n) is 9.10. The SMILES string of the molecule is Cc1sc(NC(=O)c2ccc(Cl)c(NC(=O)c3cccs3)c2)nc1-c1ccc(F)cc1. The predicted molar refractivity (Wildman–Crippen MR) is 124 cm³/mol. The molecule has 0 aliphatic carbocycles. The van der Waals surface area contributed by atoms with Crippen molar-refractivity contribution in [2.75, 3.05) is 10.6 Å². The van der Waals surface area contributed by atoms with Crippen LogP contribution in [0.3, 0.4) is 0 Å². The van der Waals surface area contributed by atoms with E-state index in [-0.39, 0.29) is 17.6 Å². The minimum absolute atomic E-state index is 0.297. The molecule has 0 saturated carbocycles. The van der Waals surface area contributed by atoms with E-state index in [1.54, 1.807) is 41.8 Å². The molecule has 5 nitrogen and oxygen atoms in total. The molecule has 0 radical (unpaired) electrons. The largest absolute Gasteiger partial charge is 0.320 e. The molecule has 0 bridgehead atoms. The standard InChI is InChI=1S/C22H15ClFN3O2S2/c1-12-19(13-4-7-15(24)8-5-13)26-22(31-12)27-20(28)14-6-9-16(23)17(11-14)25-21(29)18-3-2-10-30-18/h2-11H,1H3,(H,25,29)(H,26,27,28). The van der Waals surface area contributed by atoms with Crippen LogP contribution in [0.2, 0.25) is 5.02 Å². The third-order valence-electron chi connectivity index (χ3n) is 4.36. The second kappa shape index (κ2) is 8.97. The molecule has 2 amide bonds. The van der Waals surface area contributed by atoms with Gasteiger partial charge >= 0.3 is 0 Å². The van der Waals surface area contributed by atoms with Crippen LogP contribution in [-0.4, -0.2) is 16.8 Å². The van der Waals surface area contributed by atoms with Gasteiger partial charge in [0, 0.05) is 16.0 Å². The number of halogens is 2. The van der Waals surface area contributed by atoms with Crippen LogP contribution in [0, 0.1) is 12.7 Å². The first-order valence-corrected chi connectivity index (χ1v) is 11.2. The van der Waals surface area contributed by atoms with Crippen molar-refractivity contribution in [3.8, 4) is 11.3 Å². The van der Waals surface area contributed by atoms with Crippen molar-refractivity contribution in [2.45, 2.75) is 6.92 Å². The molecule has 9 heteroatoms. The van der Waals surface area contributed by atoms with Crippen molar-refractivity contribution in [1.82, 2.24) is 4.98 Å². The van der Waals surface area contributed by atoms with Gasteiger partial charge < -0.3 is 5.32 Å². The molecule has 0 fully saturated rings. The Morgan fingerprint density at radius 3 is 2.52 bits per heavy atom. The van der Waals surface area contributed by atoms with Gasteiger partial charge in [-0.15, -0.1) is 22.7 Å². The van der Waals surface area contributed by atoms with Gasteiger partial charge in [0.2, 0.25) is 0 Å². The average Bonchev–Trinajstić information content (AvgIpc) is 3.40. The van der Waals surface area contributed by atoms with Gasteiger partial charge in [-0.25, -0.2) is 9.37 Å². The third-order valence-corrected chi connectivity index (χ3v) is 6.44. The number of thiazole rings is 1. The molecule has 0 saturated heterocycles. The monoisotopic (exact) mass is 471 g/mol. The van der Waals surface area contributed by atoms with Gasteiger partial charge in [0.05, 0.1) is 21.3 Å². The first kappa shape index (κ1) is 21.2. The van der Waals surface area contributed by atoms with E-state index in [1.165, 1.54) is 40.9 Å². The first-order chi connectivity index (χ1) is 14.9. The van der Waals surface area contributed by atoms with Crippen molar-refractivity contribution >= 4 is 56.9 Å². The summed E-state index contributed by atoms with van der Waals surface area (Å²) in [6.45, 7) is 1.88. The zero-order chi connectivity index (χ0) is 22.0. The van der Waals surface area contributed by atoms with E-state index >= 15 is 0 Å². The van der Waals surface area contributed by atoms with Gasteiger partial charge in [0.1, 0.15) is 5.82 Å². The maximum absolute atomic E-state index is 13.2.